The molecule has 3 fully saturated rings. The number of rotatable bonds is 4. The molecule has 0 aliphatic carbocycles. The molecule has 0 radical (unpaired) electrons. The summed E-state index contributed by atoms with van der Waals surface area (Å²) in [7, 11) is 0. The van der Waals surface area contributed by atoms with E-state index in [1.807, 2.05) is 58.0 Å². The van der Waals surface area contributed by atoms with Gasteiger partial charge in [-0.3, -0.25) is 0 Å². The van der Waals surface area contributed by atoms with Crippen LogP contribution in [0.1, 0.15) is 33.3 Å². The molecule has 1 unspecified atom stereocenters. The summed E-state index contributed by atoms with van der Waals surface area (Å²) in [6.07, 6.45) is -1.52. The predicted molar refractivity (Wildman–Crippen MR) is 88.6 cm³/mol. The Balaban J connectivity index is 1.50. The SMILES string of the molecule is CC1(C)OC[C@H]([C@H]2OC3OC(C)(C)O[C@@H]3[C@H]2OCc2ccccc2)O1. The average molecular weight is 350 g/mol. The second kappa shape index (κ2) is 6.30. The van der Waals surface area contributed by atoms with Gasteiger partial charge in [-0.2, -0.15) is 0 Å². The predicted octanol–water partition coefficient (Wildman–Crippen LogP) is 2.60. The molecule has 138 valence electrons. The second-order valence-electron chi connectivity index (χ2n) is 7.70. The highest BCUT2D eigenvalue weighted by Crippen LogP contribution is 2.42. The Morgan fingerprint density at radius 2 is 1.72 bits per heavy atom. The summed E-state index contributed by atoms with van der Waals surface area (Å²) in [6, 6.07) is 10.1. The summed E-state index contributed by atoms with van der Waals surface area (Å²) in [4.78, 5) is 0. The minimum atomic E-state index is -0.680. The fraction of sp³-hybridized carbons (Fsp3) is 0.684. The number of fused-ring (bicyclic) bond motifs is 1. The van der Waals surface area contributed by atoms with Crippen LogP contribution in [0.2, 0.25) is 0 Å². The van der Waals surface area contributed by atoms with E-state index in [0.717, 1.165) is 5.56 Å². The summed E-state index contributed by atoms with van der Waals surface area (Å²) in [5.74, 6) is -1.29. The van der Waals surface area contributed by atoms with Gasteiger partial charge in [-0.1, -0.05) is 30.3 Å². The van der Waals surface area contributed by atoms with Crippen molar-refractivity contribution in [3.63, 3.8) is 0 Å². The molecule has 1 aromatic rings. The Morgan fingerprint density at radius 1 is 0.960 bits per heavy atom. The minimum Gasteiger partial charge on any atom is -0.368 e. The lowest BCUT2D eigenvalue weighted by Gasteiger charge is -2.29. The molecule has 25 heavy (non-hydrogen) atoms. The Labute approximate surface area is 148 Å². The van der Waals surface area contributed by atoms with E-state index >= 15 is 0 Å². The topological polar surface area (TPSA) is 55.4 Å². The van der Waals surface area contributed by atoms with Crippen LogP contribution >= 0.6 is 0 Å². The van der Waals surface area contributed by atoms with Gasteiger partial charge in [0.2, 0.25) is 0 Å². The Bertz CT molecular complexity index is 601. The Morgan fingerprint density at radius 3 is 2.40 bits per heavy atom. The van der Waals surface area contributed by atoms with Crippen molar-refractivity contribution in [2.45, 2.75) is 76.6 Å². The monoisotopic (exact) mass is 350 g/mol. The van der Waals surface area contributed by atoms with Crippen molar-refractivity contribution in [2.24, 2.45) is 0 Å². The maximum absolute atomic E-state index is 6.22. The zero-order valence-corrected chi connectivity index (χ0v) is 15.1. The lowest BCUT2D eigenvalue weighted by Crippen LogP contribution is -2.44. The standard InChI is InChI=1S/C19H26O6/c1-18(2)21-11-13(23-18)14-15(20-10-12-8-6-5-7-9-12)16-17(22-14)25-19(3,4)24-16/h5-9,13-17H,10-11H2,1-4H3/t13-,14-,15+,16-,17?/m1/s1. The van der Waals surface area contributed by atoms with Gasteiger partial charge in [0.1, 0.15) is 24.4 Å². The summed E-state index contributed by atoms with van der Waals surface area (Å²) in [5.41, 5.74) is 1.10. The molecule has 3 heterocycles. The van der Waals surface area contributed by atoms with Gasteiger partial charge in [-0.05, 0) is 33.3 Å². The minimum absolute atomic E-state index is 0.211. The third kappa shape index (κ3) is 3.60. The highest BCUT2D eigenvalue weighted by Gasteiger charge is 2.58. The number of hydrogen-bond acceptors (Lipinski definition) is 6. The van der Waals surface area contributed by atoms with Crippen LogP contribution in [0.3, 0.4) is 0 Å². The van der Waals surface area contributed by atoms with E-state index in [1.165, 1.54) is 0 Å². The van der Waals surface area contributed by atoms with Crippen molar-refractivity contribution >= 4 is 0 Å². The normalized spacial score (nSPS) is 38.8. The summed E-state index contributed by atoms with van der Waals surface area (Å²) < 4.78 is 36.0. The first-order valence-electron chi connectivity index (χ1n) is 8.81. The van der Waals surface area contributed by atoms with Crippen LogP contribution in [0.5, 0.6) is 0 Å². The molecule has 0 N–H and O–H groups in total. The molecule has 0 saturated carbocycles. The first-order valence-corrected chi connectivity index (χ1v) is 8.81. The van der Waals surface area contributed by atoms with E-state index in [1.54, 1.807) is 0 Å². The molecule has 3 aliphatic rings. The van der Waals surface area contributed by atoms with E-state index in [2.05, 4.69) is 0 Å². The first kappa shape index (κ1) is 17.4. The molecule has 0 spiro atoms. The molecule has 6 nitrogen and oxygen atoms in total. The molecule has 6 heteroatoms. The van der Waals surface area contributed by atoms with Crippen LogP contribution < -0.4 is 0 Å². The van der Waals surface area contributed by atoms with Crippen molar-refractivity contribution in [2.75, 3.05) is 6.61 Å². The second-order valence-corrected chi connectivity index (χ2v) is 7.70. The van der Waals surface area contributed by atoms with Crippen molar-refractivity contribution in [3.8, 4) is 0 Å². The molecule has 0 aromatic heterocycles. The quantitative estimate of drug-likeness (QED) is 0.832. The van der Waals surface area contributed by atoms with Gasteiger partial charge in [0.05, 0.1) is 13.2 Å². The summed E-state index contributed by atoms with van der Waals surface area (Å²) in [5, 5.41) is 0. The first-order chi connectivity index (χ1) is 11.8. The zero-order chi connectivity index (χ0) is 17.7. The summed E-state index contributed by atoms with van der Waals surface area (Å²) in [6.45, 7) is 8.52. The maximum Gasteiger partial charge on any atom is 0.190 e. The Hall–Kier alpha value is -1.02. The smallest absolute Gasteiger partial charge is 0.190 e. The highest BCUT2D eigenvalue weighted by atomic mass is 16.8. The Kier molecular flexibility index (Phi) is 4.38. The van der Waals surface area contributed by atoms with Gasteiger partial charge in [0.15, 0.2) is 17.9 Å². The lowest BCUT2D eigenvalue weighted by atomic mass is 10.1. The van der Waals surface area contributed by atoms with Crippen molar-refractivity contribution in [3.05, 3.63) is 35.9 Å². The van der Waals surface area contributed by atoms with Gasteiger partial charge < -0.3 is 28.4 Å². The molecule has 4 rings (SSSR count). The molecule has 0 bridgehead atoms. The van der Waals surface area contributed by atoms with E-state index in [-0.39, 0.29) is 24.4 Å². The van der Waals surface area contributed by atoms with Crippen molar-refractivity contribution < 1.29 is 28.4 Å². The molecule has 3 aliphatic heterocycles. The van der Waals surface area contributed by atoms with Gasteiger partial charge in [0, 0.05) is 0 Å². The molecular formula is C19H26O6. The molecule has 1 aromatic carbocycles. The van der Waals surface area contributed by atoms with Crippen LogP contribution in [-0.2, 0) is 35.0 Å². The van der Waals surface area contributed by atoms with Gasteiger partial charge in [0.25, 0.3) is 0 Å². The van der Waals surface area contributed by atoms with E-state index in [4.69, 9.17) is 28.4 Å². The molecule has 3 saturated heterocycles. The van der Waals surface area contributed by atoms with Gasteiger partial charge in [-0.25, -0.2) is 0 Å². The van der Waals surface area contributed by atoms with Gasteiger partial charge >= 0.3 is 0 Å². The fourth-order valence-electron chi connectivity index (χ4n) is 3.64. The molecular weight excluding hydrogens is 324 g/mol. The van der Waals surface area contributed by atoms with Gasteiger partial charge in [-0.15, -0.1) is 0 Å². The number of benzene rings is 1. The van der Waals surface area contributed by atoms with Crippen LogP contribution in [0.4, 0.5) is 0 Å². The van der Waals surface area contributed by atoms with E-state index in [9.17, 15) is 0 Å². The third-order valence-corrected chi connectivity index (χ3v) is 4.71. The van der Waals surface area contributed by atoms with E-state index < -0.39 is 17.9 Å². The third-order valence-electron chi connectivity index (χ3n) is 4.71. The average Bonchev–Trinajstić information content (AvgIpc) is 3.15. The molecule has 5 atom stereocenters. The fourth-order valence-corrected chi connectivity index (χ4v) is 3.64. The highest BCUT2D eigenvalue weighted by molar-refractivity contribution is 5.13. The summed E-state index contributed by atoms with van der Waals surface area (Å²) >= 11 is 0. The van der Waals surface area contributed by atoms with E-state index in [0.29, 0.717) is 13.2 Å². The van der Waals surface area contributed by atoms with Crippen LogP contribution in [0, 0.1) is 0 Å². The maximum atomic E-state index is 6.22. The number of ether oxygens (including phenoxy) is 6. The number of hydrogen-bond donors (Lipinski definition) is 0. The van der Waals surface area contributed by atoms with Crippen molar-refractivity contribution in [1.82, 2.24) is 0 Å². The van der Waals surface area contributed by atoms with Crippen LogP contribution in [0.15, 0.2) is 30.3 Å². The lowest BCUT2D eigenvalue weighted by molar-refractivity contribution is -0.236. The van der Waals surface area contributed by atoms with Crippen LogP contribution in [-0.4, -0.2) is 48.9 Å². The van der Waals surface area contributed by atoms with Crippen LogP contribution in [0.25, 0.3) is 0 Å². The largest absolute Gasteiger partial charge is 0.368 e. The van der Waals surface area contributed by atoms with Crippen molar-refractivity contribution in [1.29, 1.82) is 0 Å². The molecule has 0 amide bonds. The zero-order valence-electron chi connectivity index (χ0n) is 15.1.